The summed E-state index contributed by atoms with van der Waals surface area (Å²) in [5, 5.41) is 1.74. The average molecular weight is 170 g/mol. The third-order valence-corrected chi connectivity index (χ3v) is 6.23. The second kappa shape index (κ2) is 2.98. The maximum atomic E-state index is 10.6. The first kappa shape index (κ1) is 6.77. The minimum absolute atomic E-state index is 0.396. The fraction of sp³-hybridized carbons (Fsp3) is 1.00. The van der Waals surface area contributed by atoms with Crippen LogP contribution in [0, 0.1) is 0 Å². The maximum absolute atomic E-state index is 10.6. The van der Waals surface area contributed by atoms with Crippen molar-refractivity contribution in [1.82, 2.24) is 0 Å². The molecule has 1 heterocycles. The van der Waals surface area contributed by atoms with Crippen LogP contribution in [0.25, 0.3) is 0 Å². The molecule has 0 radical (unpaired) electrons. The van der Waals surface area contributed by atoms with Crippen LogP contribution >= 0.6 is 11.8 Å². The van der Waals surface area contributed by atoms with Gasteiger partial charge >= 0.3 is 0 Å². The van der Waals surface area contributed by atoms with Gasteiger partial charge in [0.2, 0.25) is 0 Å². The van der Waals surface area contributed by atoms with E-state index in [1.54, 1.807) is 0 Å². The van der Waals surface area contributed by atoms with Crippen molar-refractivity contribution in [1.29, 1.82) is 0 Å². The van der Waals surface area contributed by atoms with E-state index in [1.165, 1.54) is 11.8 Å². The summed E-state index contributed by atoms with van der Waals surface area (Å²) in [4.78, 5) is 0. The third kappa shape index (κ3) is 1.87. The molecule has 0 saturated carbocycles. The van der Waals surface area contributed by atoms with Gasteiger partial charge in [0, 0.05) is 21.6 Å². The summed E-state index contributed by atoms with van der Waals surface area (Å²) in [6.07, 6.45) is 0. The number of rotatable bonds is 0. The first-order valence-electron chi connectivity index (χ1n) is 2.07. The molecule has 0 aromatic heterocycles. The summed E-state index contributed by atoms with van der Waals surface area (Å²) >= 11 is 1.51. The van der Waals surface area contributed by atoms with E-state index in [4.69, 9.17) is 0 Å². The van der Waals surface area contributed by atoms with Crippen LogP contribution in [0.3, 0.4) is 0 Å². The van der Waals surface area contributed by atoms with Gasteiger partial charge in [-0.15, -0.1) is 11.8 Å². The molecule has 1 saturated heterocycles. The molecule has 0 aromatic rings. The molecule has 0 spiro atoms. The molecule has 2 atom stereocenters. The van der Waals surface area contributed by atoms with E-state index < -0.39 is 21.6 Å². The van der Waals surface area contributed by atoms with Crippen molar-refractivity contribution in [2.45, 2.75) is 0 Å². The largest absolute Gasteiger partial charge is 0.258 e. The predicted molar refractivity (Wildman–Crippen MR) is 38.5 cm³/mol. The summed E-state index contributed by atoms with van der Waals surface area (Å²) in [7, 11) is -1.61. The van der Waals surface area contributed by atoms with E-state index in [0.717, 1.165) is 0 Å². The molecule has 1 fully saturated rings. The second-order valence-corrected chi connectivity index (χ2v) is 6.43. The first-order valence-corrected chi connectivity index (χ1v) is 6.20. The van der Waals surface area contributed by atoms with Gasteiger partial charge < -0.3 is 0 Å². The van der Waals surface area contributed by atoms with Crippen LogP contribution in [0.5, 0.6) is 0 Å². The van der Waals surface area contributed by atoms with Crippen LogP contribution in [0.15, 0.2) is 0 Å². The van der Waals surface area contributed by atoms with Crippen molar-refractivity contribution in [2.24, 2.45) is 0 Å². The van der Waals surface area contributed by atoms with Crippen molar-refractivity contribution in [2.75, 3.05) is 15.3 Å². The van der Waals surface area contributed by atoms with Gasteiger partial charge in [0.25, 0.3) is 0 Å². The minimum atomic E-state index is -0.807. The molecule has 0 bridgehead atoms. The Balaban J connectivity index is 2.45. The van der Waals surface area contributed by atoms with E-state index in [2.05, 4.69) is 0 Å². The number of hydrogen-bond acceptors (Lipinski definition) is 3. The van der Waals surface area contributed by atoms with Gasteiger partial charge in [0.05, 0.1) is 10.2 Å². The fourth-order valence-corrected chi connectivity index (χ4v) is 5.75. The average Bonchev–Trinajstić information content (AvgIpc) is 1.64. The van der Waals surface area contributed by atoms with Gasteiger partial charge in [-0.05, 0) is 0 Å². The second-order valence-electron chi connectivity index (χ2n) is 1.44. The van der Waals surface area contributed by atoms with Crippen LogP contribution in [0.1, 0.15) is 0 Å². The van der Waals surface area contributed by atoms with Crippen molar-refractivity contribution in [3.63, 3.8) is 0 Å². The fourth-order valence-electron chi connectivity index (χ4n) is 0.435. The zero-order valence-corrected chi connectivity index (χ0v) is 6.61. The SMILES string of the molecule is O=S1CSCS(=O)C1. The Hall–Kier alpha value is 0.650. The zero-order valence-electron chi connectivity index (χ0n) is 4.16. The van der Waals surface area contributed by atoms with Crippen LogP contribution in [-0.2, 0) is 21.6 Å². The van der Waals surface area contributed by atoms with Crippen LogP contribution in [-0.4, -0.2) is 23.7 Å². The lowest BCUT2D eigenvalue weighted by Gasteiger charge is -2.06. The molecular weight excluding hydrogens is 164 g/mol. The lowest BCUT2D eigenvalue weighted by molar-refractivity contribution is 0.682. The summed E-state index contributed by atoms with van der Waals surface area (Å²) in [5.41, 5.74) is 0. The summed E-state index contributed by atoms with van der Waals surface area (Å²) in [6.45, 7) is 0. The normalized spacial score (nSPS) is 39.5. The van der Waals surface area contributed by atoms with Crippen LogP contribution < -0.4 is 0 Å². The van der Waals surface area contributed by atoms with Gasteiger partial charge in [-0.3, -0.25) is 8.42 Å². The molecule has 5 heteroatoms. The van der Waals surface area contributed by atoms with E-state index >= 15 is 0 Å². The Morgan fingerprint density at radius 3 is 1.88 bits per heavy atom. The molecule has 1 aliphatic heterocycles. The Kier molecular flexibility index (Phi) is 2.52. The van der Waals surface area contributed by atoms with E-state index in [-0.39, 0.29) is 0 Å². The monoisotopic (exact) mass is 170 g/mol. The lowest BCUT2D eigenvalue weighted by atomic mass is 11.8. The van der Waals surface area contributed by atoms with Crippen molar-refractivity contribution in [3.8, 4) is 0 Å². The third-order valence-electron chi connectivity index (χ3n) is 0.692. The molecule has 1 aliphatic rings. The molecule has 0 aromatic carbocycles. The molecule has 1 rings (SSSR count). The van der Waals surface area contributed by atoms with Crippen LogP contribution in [0.4, 0.5) is 0 Å². The first-order chi connectivity index (χ1) is 3.79. The van der Waals surface area contributed by atoms with Gasteiger partial charge in [0.15, 0.2) is 0 Å². The highest BCUT2D eigenvalue weighted by Gasteiger charge is 2.12. The Morgan fingerprint density at radius 1 is 1.12 bits per heavy atom. The summed E-state index contributed by atoms with van der Waals surface area (Å²) in [5.74, 6) is 0. The molecule has 2 unspecified atom stereocenters. The predicted octanol–water partition coefficient (Wildman–Crippen LogP) is 0.103. The summed E-state index contributed by atoms with van der Waals surface area (Å²) < 4.78 is 21.1. The number of hydrogen-bond donors (Lipinski definition) is 0. The highest BCUT2D eigenvalue weighted by Crippen LogP contribution is 2.12. The molecule has 8 heavy (non-hydrogen) atoms. The maximum Gasteiger partial charge on any atom is 0.101 e. The molecule has 2 nitrogen and oxygen atoms in total. The Labute approximate surface area is 57.3 Å². The lowest BCUT2D eigenvalue weighted by Crippen LogP contribution is -2.14. The quantitative estimate of drug-likeness (QED) is 0.517. The molecule has 48 valence electrons. The molecule has 0 aliphatic carbocycles. The van der Waals surface area contributed by atoms with E-state index in [9.17, 15) is 8.42 Å². The Morgan fingerprint density at radius 2 is 1.62 bits per heavy atom. The molecule has 0 amide bonds. The minimum Gasteiger partial charge on any atom is -0.258 e. The molecule has 0 N–H and O–H groups in total. The number of thioether (sulfide) groups is 1. The van der Waals surface area contributed by atoms with Gasteiger partial charge in [0.1, 0.15) is 5.08 Å². The Bertz CT molecular complexity index is 118. The van der Waals surface area contributed by atoms with Gasteiger partial charge in [-0.2, -0.15) is 0 Å². The highest BCUT2D eigenvalue weighted by molar-refractivity contribution is 8.23. The van der Waals surface area contributed by atoms with Gasteiger partial charge in [-0.1, -0.05) is 0 Å². The van der Waals surface area contributed by atoms with Crippen LogP contribution in [0.2, 0.25) is 0 Å². The van der Waals surface area contributed by atoms with E-state index in [1.807, 2.05) is 0 Å². The summed E-state index contributed by atoms with van der Waals surface area (Å²) in [6, 6.07) is 0. The standard InChI is InChI=1S/C3H6O2S3/c4-7-1-6-2-8(5)3-7/h1-3H2. The van der Waals surface area contributed by atoms with Gasteiger partial charge in [-0.25, -0.2) is 0 Å². The van der Waals surface area contributed by atoms with Crippen molar-refractivity contribution >= 4 is 33.4 Å². The topological polar surface area (TPSA) is 34.1 Å². The zero-order chi connectivity index (χ0) is 5.98. The van der Waals surface area contributed by atoms with E-state index in [0.29, 0.717) is 15.3 Å². The van der Waals surface area contributed by atoms with Crippen molar-refractivity contribution < 1.29 is 8.42 Å². The smallest absolute Gasteiger partial charge is 0.101 e. The highest BCUT2D eigenvalue weighted by atomic mass is 32.3. The van der Waals surface area contributed by atoms with Crippen molar-refractivity contribution in [3.05, 3.63) is 0 Å². The molecular formula is C3H6O2S3.